The van der Waals surface area contributed by atoms with Crippen molar-refractivity contribution in [3.05, 3.63) is 76.3 Å². The van der Waals surface area contributed by atoms with Gasteiger partial charge in [0.25, 0.3) is 5.91 Å². The molecule has 0 aliphatic carbocycles. The third-order valence-corrected chi connectivity index (χ3v) is 9.34. The zero-order valence-corrected chi connectivity index (χ0v) is 23.2. The van der Waals surface area contributed by atoms with Crippen molar-refractivity contribution in [1.82, 2.24) is 14.1 Å². The molecule has 0 radical (unpaired) electrons. The zero-order chi connectivity index (χ0) is 27.6. The third kappa shape index (κ3) is 6.04. The van der Waals surface area contributed by atoms with E-state index in [0.717, 1.165) is 21.5 Å². The van der Waals surface area contributed by atoms with Crippen molar-refractivity contribution in [2.75, 3.05) is 38.2 Å². The predicted octanol–water partition coefficient (Wildman–Crippen LogP) is 3.58. The normalized spacial score (nSPS) is 14.4. The lowest BCUT2D eigenvalue weighted by Gasteiger charge is -2.26. The molecule has 2 aromatic carbocycles. The molecule has 0 unspecified atom stereocenters. The minimum Gasteiger partial charge on any atom is -0.451 e. The van der Waals surface area contributed by atoms with Crippen molar-refractivity contribution in [3.8, 4) is 0 Å². The smallest absolute Gasteiger partial charge is 0.348 e. The second kappa shape index (κ2) is 11.3. The molecule has 1 saturated heterocycles. The molecule has 5 rings (SSSR count). The summed E-state index contributed by atoms with van der Waals surface area (Å²) in [6, 6.07) is 15.9. The van der Waals surface area contributed by atoms with E-state index in [-0.39, 0.29) is 18.0 Å². The van der Waals surface area contributed by atoms with E-state index < -0.39 is 28.5 Å². The molecule has 3 heterocycles. The fourth-order valence-electron chi connectivity index (χ4n) is 4.26. The van der Waals surface area contributed by atoms with Crippen molar-refractivity contribution >= 4 is 49.1 Å². The lowest BCUT2D eigenvalue weighted by molar-refractivity contribution is -0.119. The fraction of sp³-hybridized carbons (Fsp3) is 0.296. The second-order valence-electron chi connectivity index (χ2n) is 9.23. The number of rotatable bonds is 8. The van der Waals surface area contributed by atoms with E-state index in [1.54, 1.807) is 18.2 Å². The number of nitrogens with zero attached hydrogens (tertiary/aromatic N) is 3. The van der Waals surface area contributed by atoms with E-state index in [9.17, 15) is 18.0 Å². The molecule has 1 N–H and O–H groups in total. The maximum absolute atomic E-state index is 12.9. The first kappa shape index (κ1) is 27.0. The molecule has 1 fully saturated rings. The van der Waals surface area contributed by atoms with Gasteiger partial charge in [0.2, 0.25) is 10.0 Å². The number of hydrogen-bond acceptors (Lipinski definition) is 8. The van der Waals surface area contributed by atoms with Crippen LogP contribution in [0, 0.1) is 13.8 Å². The van der Waals surface area contributed by atoms with Gasteiger partial charge in [0, 0.05) is 24.2 Å². The molecule has 39 heavy (non-hydrogen) atoms. The van der Waals surface area contributed by atoms with Crippen LogP contribution < -0.4 is 5.32 Å². The quantitative estimate of drug-likeness (QED) is 0.323. The van der Waals surface area contributed by atoms with Crippen LogP contribution in [0.15, 0.2) is 59.5 Å². The highest BCUT2D eigenvalue weighted by atomic mass is 32.2. The molecule has 0 saturated carbocycles. The number of hydrogen-bond donors (Lipinski definition) is 1. The average molecular weight is 569 g/mol. The maximum atomic E-state index is 12.9. The Balaban J connectivity index is 1.21. The van der Waals surface area contributed by atoms with Gasteiger partial charge >= 0.3 is 5.97 Å². The van der Waals surface area contributed by atoms with E-state index in [0.29, 0.717) is 30.3 Å². The first-order chi connectivity index (χ1) is 18.7. The van der Waals surface area contributed by atoms with Gasteiger partial charge in [0.15, 0.2) is 6.61 Å². The number of thiophene rings is 1. The first-order valence-corrected chi connectivity index (χ1v) is 14.6. The van der Waals surface area contributed by atoms with Gasteiger partial charge in [-0.25, -0.2) is 13.2 Å². The summed E-state index contributed by atoms with van der Waals surface area (Å²) in [6.07, 6.45) is 0. The predicted molar refractivity (Wildman–Crippen MR) is 148 cm³/mol. The van der Waals surface area contributed by atoms with Crippen LogP contribution in [0.4, 0.5) is 5.69 Å². The molecule has 1 aliphatic rings. The van der Waals surface area contributed by atoms with Crippen LogP contribution in [0.25, 0.3) is 10.2 Å². The van der Waals surface area contributed by atoms with Gasteiger partial charge in [-0.2, -0.15) is 9.40 Å². The van der Waals surface area contributed by atoms with Crippen LogP contribution in [-0.2, 0) is 30.8 Å². The van der Waals surface area contributed by atoms with Crippen molar-refractivity contribution in [3.63, 3.8) is 0 Å². The summed E-state index contributed by atoms with van der Waals surface area (Å²) < 4.78 is 39.5. The number of nitrogens with one attached hydrogen (secondary N) is 1. The van der Waals surface area contributed by atoms with Crippen molar-refractivity contribution in [2.24, 2.45) is 0 Å². The number of esters is 1. The maximum Gasteiger partial charge on any atom is 0.348 e. The van der Waals surface area contributed by atoms with E-state index in [4.69, 9.17) is 9.47 Å². The van der Waals surface area contributed by atoms with Crippen LogP contribution >= 0.6 is 11.3 Å². The van der Waals surface area contributed by atoms with E-state index in [2.05, 4.69) is 10.4 Å². The number of fused-ring (bicyclic) bond motifs is 1. The third-order valence-electron chi connectivity index (χ3n) is 6.32. The molecule has 4 aromatic rings. The Morgan fingerprint density at radius 1 is 1.08 bits per heavy atom. The Hall–Kier alpha value is -3.58. The largest absolute Gasteiger partial charge is 0.451 e. The van der Waals surface area contributed by atoms with E-state index >= 15 is 0 Å². The average Bonchev–Trinajstić information content (AvgIpc) is 3.50. The van der Waals surface area contributed by atoms with Crippen LogP contribution in [0.5, 0.6) is 0 Å². The molecule has 10 nitrogen and oxygen atoms in total. The number of anilines is 1. The summed E-state index contributed by atoms with van der Waals surface area (Å²) in [5.41, 5.74) is 3.37. The van der Waals surface area contributed by atoms with E-state index in [1.807, 2.05) is 42.8 Å². The van der Waals surface area contributed by atoms with Crippen LogP contribution in [0.3, 0.4) is 0 Å². The highest BCUT2D eigenvalue weighted by Gasteiger charge is 2.26. The number of aromatic nitrogens is 2. The summed E-state index contributed by atoms with van der Waals surface area (Å²) in [4.78, 5) is 26.5. The zero-order valence-electron chi connectivity index (χ0n) is 21.5. The van der Waals surface area contributed by atoms with Gasteiger partial charge in [-0.15, -0.1) is 11.3 Å². The minimum absolute atomic E-state index is 0.0690. The molecular formula is C27H28N4O6S2. The minimum atomic E-state index is -3.71. The summed E-state index contributed by atoms with van der Waals surface area (Å²) in [5.74, 6) is -1.19. The van der Waals surface area contributed by atoms with Crippen molar-refractivity contribution in [2.45, 2.75) is 25.3 Å². The molecule has 0 atom stereocenters. The Morgan fingerprint density at radius 2 is 1.82 bits per heavy atom. The Labute approximate surface area is 230 Å². The number of ether oxygens (including phenoxy) is 2. The lowest BCUT2D eigenvalue weighted by Crippen LogP contribution is -2.40. The number of aryl methyl sites for hydroxylation is 2. The second-order valence-corrected chi connectivity index (χ2v) is 12.2. The SMILES string of the molecule is Cc1ccc(Cn2nc(C)c3cc(C(=O)OCC(=O)Nc4cccc(S(=O)(=O)N5CCOCC5)c4)sc32)cc1. The highest BCUT2D eigenvalue weighted by molar-refractivity contribution is 7.89. The van der Waals surface area contributed by atoms with Crippen LogP contribution in [0.1, 0.15) is 26.5 Å². The first-order valence-electron chi connectivity index (χ1n) is 12.4. The van der Waals surface area contributed by atoms with Gasteiger partial charge in [-0.05, 0) is 43.7 Å². The van der Waals surface area contributed by atoms with Gasteiger partial charge in [0.05, 0.1) is 30.3 Å². The molecule has 12 heteroatoms. The van der Waals surface area contributed by atoms with Gasteiger partial charge in [0.1, 0.15) is 9.71 Å². The number of benzene rings is 2. The molecule has 1 aliphatic heterocycles. The van der Waals surface area contributed by atoms with Crippen molar-refractivity contribution < 1.29 is 27.5 Å². The Kier molecular flexibility index (Phi) is 7.80. The molecule has 0 spiro atoms. The number of carbonyl (C=O) groups excluding carboxylic acids is 2. The molecule has 0 bridgehead atoms. The summed E-state index contributed by atoms with van der Waals surface area (Å²) in [7, 11) is -3.71. The number of amides is 1. The lowest BCUT2D eigenvalue weighted by atomic mass is 10.1. The summed E-state index contributed by atoms with van der Waals surface area (Å²) in [5, 5.41) is 8.07. The number of sulfonamides is 1. The van der Waals surface area contributed by atoms with Crippen molar-refractivity contribution in [1.29, 1.82) is 0 Å². The van der Waals surface area contributed by atoms with E-state index in [1.165, 1.54) is 33.3 Å². The van der Waals surface area contributed by atoms with Crippen LogP contribution in [-0.4, -0.2) is 67.3 Å². The van der Waals surface area contributed by atoms with Gasteiger partial charge < -0.3 is 14.8 Å². The number of carbonyl (C=O) groups is 2. The summed E-state index contributed by atoms with van der Waals surface area (Å²) in [6.45, 7) is 5.20. The monoisotopic (exact) mass is 568 g/mol. The summed E-state index contributed by atoms with van der Waals surface area (Å²) >= 11 is 1.26. The van der Waals surface area contributed by atoms with Gasteiger partial charge in [-0.3, -0.25) is 9.48 Å². The highest BCUT2D eigenvalue weighted by Crippen LogP contribution is 2.29. The Bertz CT molecular complexity index is 1620. The molecule has 204 valence electrons. The van der Waals surface area contributed by atoms with Gasteiger partial charge in [-0.1, -0.05) is 35.9 Å². The Morgan fingerprint density at radius 3 is 2.56 bits per heavy atom. The number of morpholine rings is 1. The molecule has 2 aromatic heterocycles. The topological polar surface area (TPSA) is 120 Å². The molecular weight excluding hydrogens is 540 g/mol. The van der Waals surface area contributed by atoms with Crippen LogP contribution in [0.2, 0.25) is 0 Å². The molecule has 1 amide bonds. The fourth-order valence-corrected chi connectivity index (χ4v) is 6.77. The standard InChI is InChI=1S/C27H28N4O6S2/c1-18-6-8-20(9-7-18)16-31-26-23(19(2)29-31)15-24(38-26)27(33)37-17-25(32)28-21-4-3-5-22(14-21)39(34,35)30-10-12-36-13-11-30/h3-9,14-15H,10-13,16-17H2,1-2H3,(H,28,32).